The van der Waals surface area contributed by atoms with Gasteiger partial charge in [0.15, 0.2) is 0 Å². The minimum Gasteiger partial charge on any atom is -0.444 e. The van der Waals surface area contributed by atoms with E-state index in [2.05, 4.69) is 10.6 Å². The van der Waals surface area contributed by atoms with Gasteiger partial charge in [-0.25, -0.2) is 4.79 Å². The summed E-state index contributed by atoms with van der Waals surface area (Å²) in [5.74, 6) is -1.70. The number of amides is 4. The van der Waals surface area contributed by atoms with Crippen molar-refractivity contribution in [3.8, 4) is 0 Å². The maximum atomic E-state index is 13.8. The third-order valence-corrected chi connectivity index (χ3v) is 5.41. The SMILES string of the molecule is CCCCNC(=O)C(c1ccc(C)c(C)c1)N(C(=O)C(CC(N)=O)NC(=O)OC(C)(C)C)C(C)C. The van der Waals surface area contributed by atoms with Crippen molar-refractivity contribution in [3.05, 3.63) is 34.9 Å². The van der Waals surface area contributed by atoms with Crippen LogP contribution in [0.3, 0.4) is 0 Å². The number of nitrogens with two attached hydrogens (primary N) is 1. The second-order valence-electron chi connectivity index (χ2n) is 10.1. The molecule has 2 unspecified atom stereocenters. The summed E-state index contributed by atoms with van der Waals surface area (Å²) in [6, 6.07) is 2.92. The van der Waals surface area contributed by atoms with Crippen molar-refractivity contribution >= 4 is 23.8 Å². The lowest BCUT2D eigenvalue weighted by atomic mass is 9.97. The van der Waals surface area contributed by atoms with Gasteiger partial charge in [-0.15, -0.1) is 0 Å². The minimum absolute atomic E-state index is 0.334. The molecule has 0 aliphatic rings. The Balaban J connectivity index is 3.47. The quantitative estimate of drug-likeness (QED) is 0.410. The van der Waals surface area contributed by atoms with Crippen LogP contribution < -0.4 is 16.4 Å². The molecule has 0 bridgehead atoms. The first-order valence-electron chi connectivity index (χ1n) is 12.1. The Labute approximate surface area is 209 Å². The van der Waals surface area contributed by atoms with Crippen LogP contribution in [0.5, 0.6) is 0 Å². The van der Waals surface area contributed by atoms with E-state index in [1.54, 1.807) is 34.6 Å². The molecule has 9 nitrogen and oxygen atoms in total. The fraction of sp³-hybridized carbons (Fsp3) is 0.615. The molecule has 0 radical (unpaired) electrons. The highest BCUT2D eigenvalue weighted by Crippen LogP contribution is 2.27. The highest BCUT2D eigenvalue weighted by Gasteiger charge is 2.38. The first kappa shape index (κ1) is 29.9. The number of hydrogen-bond donors (Lipinski definition) is 3. The molecule has 0 spiro atoms. The Hall–Kier alpha value is -3.10. The van der Waals surface area contributed by atoms with Gasteiger partial charge in [0, 0.05) is 12.6 Å². The van der Waals surface area contributed by atoms with Crippen LogP contribution in [0.1, 0.15) is 83.5 Å². The number of ether oxygens (including phenoxy) is 1. The predicted octanol–water partition coefficient (Wildman–Crippen LogP) is 3.27. The van der Waals surface area contributed by atoms with Crippen LogP contribution in [0.25, 0.3) is 0 Å². The zero-order valence-corrected chi connectivity index (χ0v) is 22.4. The third-order valence-electron chi connectivity index (χ3n) is 5.41. The second-order valence-corrected chi connectivity index (χ2v) is 10.1. The highest BCUT2D eigenvalue weighted by molar-refractivity contribution is 5.94. The van der Waals surface area contributed by atoms with E-state index >= 15 is 0 Å². The monoisotopic (exact) mass is 490 g/mol. The summed E-state index contributed by atoms with van der Waals surface area (Å²) in [4.78, 5) is 52.8. The number of nitrogens with one attached hydrogen (secondary N) is 2. The zero-order chi connectivity index (χ0) is 26.9. The molecule has 1 aromatic carbocycles. The van der Waals surface area contributed by atoms with Gasteiger partial charge in [0.05, 0.1) is 6.42 Å². The Bertz CT molecular complexity index is 907. The molecule has 0 saturated carbocycles. The Kier molecular flexibility index (Phi) is 11.2. The fourth-order valence-electron chi connectivity index (χ4n) is 3.57. The number of benzene rings is 1. The van der Waals surface area contributed by atoms with Gasteiger partial charge < -0.3 is 26.0 Å². The van der Waals surface area contributed by atoms with Crippen molar-refractivity contribution < 1.29 is 23.9 Å². The maximum Gasteiger partial charge on any atom is 0.408 e. The van der Waals surface area contributed by atoms with Crippen LogP contribution in [0.15, 0.2) is 18.2 Å². The normalized spacial score (nSPS) is 13.1. The van der Waals surface area contributed by atoms with E-state index in [0.717, 1.165) is 24.0 Å². The molecule has 1 rings (SSSR count). The Morgan fingerprint density at radius 3 is 2.20 bits per heavy atom. The molecule has 4 N–H and O–H groups in total. The van der Waals surface area contributed by atoms with E-state index in [1.807, 2.05) is 39.0 Å². The summed E-state index contributed by atoms with van der Waals surface area (Å²) in [6.07, 6.45) is 0.419. The van der Waals surface area contributed by atoms with Crippen molar-refractivity contribution in [2.75, 3.05) is 6.54 Å². The average molecular weight is 491 g/mol. The van der Waals surface area contributed by atoms with Gasteiger partial charge in [-0.05, 0) is 71.6 Å². The van der Waals surface area contributed by atoms with Gasteiger partial charge in [-0.2, -0.15) is 0 Å². The van der Waals surface area contributed by atoms with Crippen molar-refractivity contribution in [1.82, 2.24) is 15.5 Å². The summed E-state index contributed by atoms with van der Waals surface area (Å²) in [5.41, 5.74) is 7.26. The maximum absolute atomic E-state index is 13.8. The number of unbranched alkanes of at least 4 members (excludes halogenated alkanes) is 1. The smallest absolute Gasteiger partial charge is 0.408 e. The molecule has 0 fully saturated rings. The molecular weight excluding hydrogens is 448 g/mol. The number of nitrogens with zero attached hydrogens (tertiary/aromatic N) is 1. The number of primary amides is 1. The van der Waals surface area contributed by atoms with E-state index in [1.165, 1.54) is 4.90 Å². The fourth-order valence-corrected chi connectivity index (χ4v) is 3.57. The first-order valence-corrected chi connectivity index (χ1v) is 12.1. The molecule has 0 heterocycles. The summed E-state index contributed by atoms with van der Waals surface area (Å²) < 4.78 is 5.27. The lowest BCUT2D eigenvalue weighted by Crippen LogP contribution is -2.56. The third kappa shape index (κ3) is 9.58. The van der Waals surface area contributed by atoms with E-state index < -0.39 is 48.1 Å². The summed E-state index contributed by atoms with van der Waals surface area (Å²) in [7, 11) is 0. The summed E-state index contributed by atoms with van der Waals surface area (Å²) in [5, 5.41) is 5.39. The molecule has 9 heteroatoms. The van der Waals surface area contributed by atoms with E-state index in [9.17, 15) is 19.2 Å². The van der Waals surface area contributed by atoms with Gasteiger partial charge in [0.25, 0.3) is 0 Å². The number of rotatable bonds is 11. The molecule has 2 atom stereocenters. The summed E-state index contributed by atoms with van der Waals surface area (Å²) in [6.45, 7) is 15.0. The molecule has 35 heavy (non-hydrogen) atoms. The van der Waals surface area contributed by atoms with Gasteiger partial charge in [-0.3, -0.25) is 14.4 Å². The van der Waals surface area contributed by atoms with Gasteiger partial charge >= 0.3 is 6.09 Å². The largest absolute Gasteiger partial charge is 0.444 e. The molecule has 4 amide bonds. The minimum atomic E-state index is -1.29. The highest BCUT2D eigenvalue weighted by atomic mass is 16.6. The number of aryl methyl sites for hydroxylation is 2. The van der Waals surface area contributed by atoms with Crippen LogP contribution >= 0.6 is 0 Å². The molecule has 0 saturated heterocycles. The van der Waals surface area contributed by atoms with Gasteiger partial charge in [-0.1, -0.05) is 31.5 Å². The summed E-state index contributed by atoms with van der Waals surface area (Å²) >= 11 is 0. The standard InChI is InChI=1S/C26H42N4O5/c1-9-10-13-28-23(32)22(19-12-11-17(4)18(5)14-19)30(16(2)3)24(33)20(15-21(27)31)29-25(34)35-26(6,7)8/h11-12,14,16,20,22H,9-10,13,15H2,1-8H3,(H2,27,31)(H,28,32)(H,29,34). The number of hydrogen-bond acceptors (Lipinski definition) is 5. The number of carbonyl (C=O) groups excluding carboxylic acids is 4. The van der Waals surface area contributed by atoms with Crippen LogP contribution in [0, 0.1) is 13.8 Å². The van der Waals surface area contributed by atoms with Crippen LogP contribution in [-0.2, 0) is 19.1 Å². The molecule has 0 aromatic heterocycles. The topological polar surface area (TPSA) is 131 Å². The molecule has 0 aliphatic heterocycles. The van der Waals surface area contributed by atoms with Crippen molar-refractivity contribution in [2.45, 2.75) is 98.4 Å². The Morgan fingerprint density at radius 2 is 1.71 bits per heavy atom. The molecule has 0 aliphatic carbocycles. The second kappa shape index (κ2) is 13.1. The molecular formula is C26H42N4O5. The van der Waals surface area contributed by atoms with Crippen molar-refractivity contribution in [2.24, 2.45) is 5.73 Å². The molecule has 196 valence electrons. The van der Waals surface area contributed by atoms with Crippen LogP contribution in [0.2, 0.25) is 0 Å². The first-order chi connectivity index (χ1) is 16.2. The van der Waals surface area contributed by atoms with Crippen molar-refractivity contribution in [1.29, 1.82) is 0 Å². The lowest BCUT2D eigenvalue weighted by Gasteiger charge is -2.37. The van der Waals surface area contributed by atoms with Crippen molar-refractivity contribution in [3.63, 3.8) is 0 Å². The van der Waals surface area contributed by atoms with E-state index in [-0.39, 0.29) is 5.91 Å². The number of alkyl carbamates (subject to hydrolysis) is 1. The van der Waals surface area contributed by atoms with Gasteiger partial charge in [0.1, 0.15) is 17.7 Å². The van der Waals surface area contributed by atoms with Crippen LogP contribution in [-0.4, -0.2) is 52.9 Å². The van der Waals surface area contributed by atoms with Gasteiger partial charge in [0.2, 0.25) is 17.7 Å². The zero-order valence-electron chi connectivity index (χ0n) is 22.4. The van der Waals surface area contributed by atoms with E-state index in [4.69, 9.17) is 10.5 Å². The van der Waals surface area contributed by atoms with E-state index in [0.29, 0.717) is 12.1 Å². The number of carbonyl (C=O) groups is 4. The molecule has 1 aromatic rings. The average Bonchev–Trinajstić information content (AvgIpc) is 2.71. The Morgan fingerprint density at radius 1 is 1.09 bits per heavy atom. The van der Waals surface area contributed by atoms with Crippen LogP contribution in [0.4, 0.5) is 4.79 Å². The predicted molar refractivity (Wildman–Crippen MR) is 136 cm³/mol. The lowest BCUT2D eigenvalue weighted by molar-refractivity contribution is -0.145.